The quantitative estimate of drug-likeness (QED) is 0.0155. The zero-order chi connectivity index (χ0) is 95.3. The molecule has 1 heterocycles. The van der Waals surface area contributed by atoms with Gasteiger partial charge in [-0.3, -0.25) is 30.9 Å². The third-order valence-electron chi connectivity index (χ3n) is 27.2. The Balaban J connectivity index is 0.942. The highest BCUT2D eigenvalue weighted by atomic mass is 16.7. The SMILES string of the molecule is COc1ccc(CO[C@@H]2[C@@H](NC(c3ccccc3)(c3ccccc3)c3ccccc3)[C@@H](O[C@H]3[C@H](OCCCCCCNC(=O)CCC(=O)O)[C@@H](OCc4ccc(OC)cc4)[C@H](NC(c4ccccc4)(c4ccccc4)c4ccccc4)C[C@@H]3NC(c3ccccc3)(c3ccccc3)c3ccccc3)O[C@H](CNC(c3ccccc3)(c3ccccc3)c3ccccc3)[C@H]2OCc2ccc(OC)cc2)cc1. The van der Waals surface area contributed by atoms with E-state index in [9.17, 15) is 14.7 Å². The van der Waals surface area contributed by atoms with Crippen molar-refractivity contribution in [1.29, 1.82) is 0 Å². The van der Waals surface area contributed by atoms with Crippen LogP contribution >= 0.6 is 0 Å². The van der Waals surface area contributed by atoms with Crippen LogP contribution in [0.15, 0.2) is 437 Å². The Morgan fingerprint density at radius 3 is 0.914 bits per heavy atom. The van der Waals surface area contributed by atoms with Crippen molar-refractivity contribution in [1.82, 2.24) is 26.6 Å². The molecule has 2 aliphatic rings. The number of hydrogen-bond acceptors (Lipinski definition) is 15. The fourth-order valence-corrected chi connectivity index (χ4v) is 20.4. The van der Waals surface area contributed by atoms with E-state index in [0.717, 1.165) is 89.9 Å². The van der Waals surface area contributed by atoms with Gasteiger partial charge in [0.05, 0.1) is 75.8 Å². The highest BCUT2D eigenvalue weighted by molar-refractivity contribution is 5.80. The van der Waals surface area contributed by atoms with Crippen LogP contribution in [0, 0.1) is 0 Å². The lowest BCUT2D eigenvalue weighted by atomic mass is 9.72. The van der Waals surface area contributed by atoms with Crippen LogP contribution in [0.4, 0.5) is 0 Å². The minimum Gasteiger partial charge on any atom is -0.497 e. The summed E-state index contributed by atoms with van der Waals surface area (Å²) in [5.74, 6) is 0.780. The molecule has 0 spiro atoms. The maximum absolute atomic E-state index is 13.1. The molecule has 17 nitrogen and oxygen atoms in total. The Labute approximate surface area is 817 Å². The first-order chi connectivity index (χ1) is 68.5. The number of carboxylic acid groups (broad SMARTS) is 1. The predicted molar refractivity (Wildman–Crippen MR) is 547 cm³/mol. The third-order valence-corrected chi connectivity index (χ3v) is 27.2. The second-order valence-corrected chi connectivity index (χ2v) is 35.7. The smallest absolute Gasteiger partial charge is 0.303 e. The number of amides is 1. The van der Waals surface area contributed by atoms with Gasteiger partial charge >= 0.3 is 5.97 Å². The Morgan fingerprint density at radius 2 is 0.597 bits per heavy atom. The van der Waals surface area contributed by atoms with Crippen LogP contribution in [0.3, 0.4) is 0 Å². The van der Waals surface area contributed by atoms with Gasteiger partial charge in [-0.1, -0.05) is 413 Å². The van der Waals surface area contributed by atoms with E-state index < -0.39 is 89.2 Å². The van der Waals surface area contributed by atoms with E-state index in [1.807, 2.05) is 48.5 Å². The van der Waals surface area contributed by atoms with Crippen molar-refractivity contribution >= 4 is 11.9 Å². The first-order valence-corrected chi connectivity index (χ1v) is 48.4. The van der Waals surface area contributed by atoms with Gasteiger partial charge in [-0.2, -0.15) is 0 Å². The summed E-state index contributed by atoms with van der Waals surface area (Å²) in [7, 11) is 5.03. The zero-order valence-corrected chi connectivity index (χ0v) is 79.0. The lowest BCUT2D eigenvalue weighted by Gasteiger charge is -2.55. The molecule has 1 amide bonds. The van der Waals surface area contributed by atoms with Crippen LogP contribution < -0.4 is 40.8 Å². The topological polar surface area (TPSA) is 198 Å². The summed E-state index contributed by atoms with van der Waals surface area (Å²) < 4.78 is 67.9. The van der Waals surface area contributed by atoms with Crippen molar-refractivity contribution in [3.8, 4) is 17.2 Å². The fraction of sp³-hybridized carbons (Fsp3) is 0.246. The molecular weight excluding hydrogens is 1730 g/mol. The molecule has 0 aromatic heterocycles. The summed E-state index contributed by atoms with van der Waals surface area (Å²) >= 11 is 0. The van der Waals surface area contributed by atoms with Gasteiger partial charge in [0.2, 0.25) is 5.91 Å². The Morgan fingerprint density at radius 1 is 0.309 bits per heavy atom. The van der Waals surface area contributed by atoms with Gasteiger partial charge in [0.25, 0.3) is 0 Å². The molecule has 139 heavy (non-hydrogen) atoms. The van der Waals surface area contributed by atoms with E-state index >= 15 is 0 Å². The van der Waals surface area contributed by atoms with Crippen LogP contribution in [0.1, 0.15) is 128 Å². The van der Waals surface area contributed by atoms with Gasteiger partial charge in [0.15, 0.2) is 6.29 Å². The number of carbonyl (C=O) groups excluding carboxylic acids is 1. The van der Waals surface area contributed by atoms with Crippen LogP contribution in [-0.4, -0.2) is 119 Å². The number of aliphatic carboxylic acids is 1. The summed E-state index contributed by atoms with van der Waals surface area (Å²) in [5.41, 5.74) is 9.73. The number of methoxy groups -OCH3 is 3. The number of hydrogen-bond donors (Lipinski definition) is 6. The Kier molecular flexibility index (Phi) is 33.1. The second-order valence-electron chi connectivity index (χ2n) is 35.7. The number of nitrogens with one attached hydrogen (secondary N) is 5. The lowest BCUT2D eigenvalue weighted by molar-refractivity contribution is -0.313. The molecular formula is C122H123N5O12. The van der Waals surface area contributed by atoms with E-state index in [-0.39, 0.29) is 51.7 Å². The summed E-state index contributed by atoms with van der Waals surface area (Å²) in [6.45, 7) is 1.05. The highest BCUT2D eigenvalue weighted by Crippen LogP contribution is 2.48. The summed E-state index contributed by atoms with van der Waals surface area (Å²) in [6.07, 6.45) is -4.74. The normalized spacial score (nSPS) is 18.4. The fourth-order valence-electron chi connectivity index (χ4n) is 20.4. The number of rotatable bonds is 46. The van der Waals surface area contributed by atoms with Gasteiger partial charge in [-0.15, -0.1) is 0 Å². The molecule has 6 N–H and O–H groups in total. The summed E-state index contributed by atoms with van der Waals surface area (Å²) in [6, 6.07) is 150. The van der Waals surface area contributed by atoms with Gasteiger partial charge < -0.3 is 53.1 Å². The Bertz CT molecular complexity index is 5820. The molecule has 2 fully saturated rings. The summed E-state index contributed by atoms with van der Waals surface area (Å²) in [4.78, 5) is 24.7. The standard InChI is InChI=1S/C122H123N5O12/c1-131-104-74-68-89(69-75-104)86-135-113-107(125-120(95-50-24-9-25-51-95,96-52-26-10-27-53-96)97-54-28-11-29-55-97)84-108(126-121(98-56-30-12-31-57-98,99-58-32-13-33-59-99)100-60-34-14-35-61-100)114(117(113)134-83-43-5-4-42-82-123-110(128)80-81-111(129)130)139-118-112(127-122(101-62-36-15-37-63-101,102-64-38-16-39-65-102)103-66-40-17-41-67-103)116(137-88-91-72-78-106(133-3)79-73-91)115(136-87-90-70-76-105(132-2)77-71-90)109(138-118)85-124-119(92-44-18-6-19-45-92,93-46-20-7-21-47-93)94-48-22-8-23-49-94/h6-41,44-79,107-109,112-118,124-127H,4-5,42-43,80-88H2,1-3H3,(H,123,128)(H,129,130)/t107-,108+,109-,112-,113+,114-,115-,116-,117-,118-/m1/s1. The monoisotopic (exact) mass is 1850 g/mol. The van der Waals surface area contributed by atoms with Crippen LogP contribution in [0.25, 0.3) is 0 Å². The molecule has 17 heteroatoms. The molecule has 1 aliphatic heterocycles. The Hall–Kier alpha value is -13.8. The van der Waals surface area contributed by atoms with E-state index in [2.05, 4.69) is 410 Å². The van der Waals surface area contributed by atoms with Crippen molar-refractivity contribution in [2.45, 2.75) is 148 Å². The molecule has 17 rings (SSSR count). The van der Waals surface area contributed by atoms with E-state index in [1.54, 1.807) is 21.3 Å². The minimum atomic E-state index is -1.36. The molecule has 1 aliphatic carbocycles. The van der Waals surface area contributed by atoms with Crippen molar-refractivity contribution in [3.63, 3.8) is 0 Å². The molecule has 708 valence electrons. The molecule has 1 saturated carbocycles. The maximum atomic E-state index is 13.1. The predicted octanol–water partition coefficient (Wildman–Crippen LogP) is 21.6. The van der Waals surface area contributed by atoms with Gasteiger partial charge in [-0.05, 0) is 139 Å². The van der Waals surface area contributed by atoms with Crippen LogP contribution in [-0.2, 0) is 80.0 Å². The van der Waals surface area contributed by atoms with Crippen LogP contribution in [0.5, 0.6) is 17.2 Å². The van der Waals surface area contributed by atoms with Crippen molar-refractivity contribution in [3.05, 3.63) is 520 Å². The largest absolute Gasteiger partial charge is 0.497 e. The molecule has 0 bridgehead atoms. The number of carboxylic acids is 1. The molecule has 0 unspecified atom stereocenters. The number of unbranched alkanes of at least 4 members (excludes halogenated alkanes) is 3. The number of benzene rings is 15. The molecule has 1 saturated heterocycles. The van der Waals surface area contributed by atoms with Crippen molar-refractivity contribution in [2.24, 2.45) is 0 Å². The van der Waals surface area contributed by atoms with E-state index in [4.69, 9.17) is 47.9 Å². The number of ether oxygens (including phenoxy) is 9. The van der Waals surface area contributed by atoms with Gasteiger partial charge in [0, 0.05) is 38.2 Å². The van der Waals surface area contributed by atoms with Crippen LogP contribution in [0.2, 0.25) is 0 Å². The van der Waals surface area contributed by atoms with Crippen molar-refractivity contribution in [2.75, 3.05) is 41.0 Å². The van der Waals surface area contributed by atoms with Gasteiger partial charge in [-0.25, -0.2) is 0 Å². The minimum absolute atomic E-state index is 0.0872. The third kappa shape index (κ3) is 22.7. The van der Waals surface area contributed by atoms with E-state index in [1.165, 1.54) is 0 Å². The molecule has 10 atom stereocenters. The first-order valence-electron chi connectivity index (χ1n) is 48.4. The maximum Gasteiger partial charge on any atom is 0.303 e. The average molecular weight is 1850 g/mol. The van der Waals surface area contributed by atoms with E-state index in [0.29, 0.717) is 49.5 Å². The molecule has 15 aromatic carbocycles. The molecule has 15 aromatic rings. The summed E-state index contributed by atoms with van der Waals surface area (Å²) in [5, 5.41) is 30.8. The average Bonchev–Trinajstić information content (AvgIpc) is 0.734. The number of carbonyl (C=O) groups is 2. The highest BCUT2D eigenvalue weighted by Gasteiger charge is 2.58. The van der Waals surface area contributed by atoms with Gasteiger partial charge in [0.1, 0.15) is 53.9 Å². The van der Waals surface area contributed by atoms with Crippen molar-refractivity contribution < 1.29 is 57.3 Å². The second kappa shape index (κ2) is 47.5. The molecule has 0 radical (unpaired) electrons. The zero-order valence-electron chi connectivity index (χ0n) is 79.0. The lowest BCUT2D eigenvalue weighted by Crippen LogP contribution is -2.73. The first kappa shape index (κ1) is 96.9.